The quantitative estimate of drug-likeness (QED) is 0.477. The van der Waals surface area contributed by atoms with Crippen molar-refractivity contribution in [1.82, 2.24) is 4.98 Å². The summed E-state index contributed by atoms with van der Waals surface area (Å²) in [5, 5.41) is 1.02. The molecule has 0 atom stereocenters. The van der Waals surface area contributed by atoms with Gasteiger partial charge in [0.15, 0.2) is 0 Å². The average Bonchev–Trinajstić information content (AvgIpc) is 3.17. The Hall–Kier alpha value is -2.21. The molecule has 0 radical (unpaired) electrons. The van der Waals surface area contributed by atoms with Gasteiger partial charge in [0.2, 0.25) is 0 Å². The van der Waals surface area contributed by atoms with Crippen LogP contribution in [0.3, 0.4) is 0 Å². The van der Waals surface area contributed by atoms with E-state index in [-0.39, 0.29) is 13.0 Å². The van der Waals surface area contributed by atoms with E-state index in [1.54, 1.807) is 16.7 Å². The van der Waals surface area contributed by atoms with Crippen LogP contribution in [0.15, 0.2) is 47.4 Å². The second-order valence-corrected chi connectivity index (χ2v) is 8.01. The van der Waals surface area contributed by atoms with Crippen molar-refractivity contribution < 1.29 is 8.78 Å². The molecule has 3 N–H and O–H groups in total. The van der Waals surface area contributed by atoms with Gasteiger partial charge in [-0.15, -0.1) is 11.8 Å². The summed E-state index contributed by atoms with van der Waals surface area (Å²) in [7, 11) is 0. The van der Waals surface area contributed by atoms with Crippen LogP contribution in [0, 0.1) is 0 Å². The molecule has 0 bridgehead atoms. The first-order chi connectivity index (χ1) is 12.4. The lowest BCUT2D eigenvalue weighted by atomic mass is 10.1. The third-order valence-corrected chi connectivity index (χ3v) is 5.60. The van der Waals surface area contributed by atoms with Gasteiger partial charge in [-0.2, -0.15) is 0 Å². The zero-order valence-corrected chi connectivity index (χ0v) is 15.4. The Morgan fingerprint density at radius 3 is 2.77 bits per heavy atom. The fraction of sp³-hybridized carbons (Fsp3) is 0.300. The van der Waals surface area contributed by atoms with Gasteiger partial charge in [0, 0.05) is 51.4 Å². The van der Waals surface area contributed by atoms with Crippen LogP contribution in [0.5, 0.6) is 0 Å². The molecule has 0 spiro atoms. The Labute approximate surface area is 155 Å². The molecule has 2 aromatic carbocycles. The maximum atomic E-state index is 13.8. The molecule has 26 heavy (non-hydrogen) atoms. The summed E-state index contributed by atoms with van der Waals surface area (Å²) in [6.07, 6.45) is -0.0961. The molecule has 1 saturated heterocycles. The predicted molar refractivity (Wildman–Crippen MR) is 106 cm³/mol. The van der Waals surface area contributed by atoms with Crippen LogP contribution in [0.25, 0.3) is 22.2 Å². The highest BCUT2D eigenvalue weighted by Gasteiger charge is 2.39. The van der Waals surface area contributed by atoms with Crippen molar-refractivity contribution in [2.45, 2.75) is 24.2 Å². The molecule has 1 fully saturated rings. The number of nitrogens with zero attached hydrogens (tertiary/aromatic N) is 1. The summed E-state index contributed by atoms with van der Waals surface area (Å²) < 4.78 is 27.5. The number of aromatic nitrogens is 1. The van der Waals surface area contributed by atoms with E-state index in [1.807, 2.05) is 36.4 Å². The minimum absolute atomic E-state index is 0.0961. The van der Waals surface area contributed by atoms with Crippen LogP contribution in [-0.2, 0) is 0 Å². The Kier molecular flexibility index (Phi) is 4.31. The number of hydrogen-bond acceptors (Lipinski definition) is 3. The highest BCUT2D eigenvalue weighted by Crippen LogP contribution is 2.39. The second kappa shape index (κ2) is 6.50. The molecule has 0 unspecified atom stereocenters. The first-order valence-corrected chi connectivity index (χ1v) is 9.72. The van der Waals surface area contributed by atoms with Crippen LogP contribution >= 0.6 is 11.8 Å². The number of alkyl halides is 2. The number of fused-ring (bicyclic) bond motifs is 1. The Bertz CT molecular complexity index is 951. The molecule has 3 nitrogen and oxygen atoms in total. The van der Waals surface area contributed by atoms with E-state index in [4.69, 9.17) is 5.73 Å². The van der Waals surface area contributed by atoms with Crippen molar-refractivity contribution in [2.24, 2.45) is 0 Å². The normalized spacial score (nSPS) is 16.5. The molecule has 1 aliphatic rings. The van der Waals surface area contributed by atoms with E-state index >= 15 is 0 Å². The van der Waals surface area contributed by atoms with Gasteiger partial charge >= 0.3 is 0 Å². The summed E-state index contributed by atoms with van der Waals surface area (Å²) in [6, 6.07) is 13.8. The number of nitrogen functional groups attached to an aromatic ring is 1. The molecule has 1 aromatic heterocycles. The molecule has 136 valence electrons. The van der Waals surface area contributed by atoms with E-state index < -0.39 is 5.92 Å². The first kappa shape index (κ1) is 17.2. The van der Waals surface area contributed by atoms with Crippen molar-refractivity contribution in [1.29, 1.82) is 0 Å². The number of nitrogens with one attached hydrogen (secondary N) is 1. The summed E-state index contributed by atoms with van der Waals surface area (Å²) in [5.74, 6) is -1.66. The molecular formula is C20H21F2N3S. The summed E-state index contributed by atoms with van der Waals surface area (Å²) >= 11 is 1.74. The molecule has 0 saturated carbocycles. The molecule has 4 rings (SSSR count). The zero-order valence-electron chi connectivity index (χ0n) is 14.6. The lowest BCUT2D eigenvalue weighted by Gasteiger charge is -2.22. The minimum atomic E-state index is -2.62. The number of thioether (sulfide) groups is 1. The number of hydrogen-bond donors (Lipinski definition) is 2. The number of aromatic amines is 1. The average molecular weight is 373 g/mol. The summed E-state index contributed by atoms with van der Waals surface area (Å²) in [4.78, 5) is 6.34. The predicted octanol–water partition coefficient (Wildman–Crippen LogP) is 5.37. The molecular weight excluding hydrogens is 352 g/mol. The van der Waals surface area contributed by atoms with Crippen LogP contribution in [0.1, 0.15) is 13.3 Å². The number of H-pyrrole nitrogens is 1. The molecule has 6 heteroatoms. The molecule has 0 amide bonds. The van der Waals surface area contributed by atoms with Crippen LogP contribution in [-0.4, -0.2) is 29.7 Å². The van der Waals surface area contributed by atoms with Crippen molar-refractivity contribution in [3.05, 3.63) is 42.5 Å². The third kappa shape index (κ3) is 3.26. The Morgan fingerprint density at radius 1 is 1.19 bits per heavy atom. The van der Waals surface area contributed by atoms with E-state index in [0.29, 0.717) is 12.2 Å². The molecule has 0 aliphatic carbocycles. The highest BCUT2D eigenvalue weighted by atomic mass is 32.2. The highest BCUT2D eigenvalue weighted by molar-refractivity contribution is 7.99. The summed E-state index contributed by atoms with van der Waals surface area (Å²) in [5.41, 5.74) is 10.3. The van der Waals surface area contributed by atoms with Crippen molar-refractivity contribution in [3.63, 3.8) is 0 Å². The Morgan fingerprint density at radius 2 is 2.04 bits per heavy atom. The Balaban J connectivity index is 1.82. The number of rotatable bonds is 4. The van der Waals surface area contributed by atoms with Crippen LogP contribution in [0.2, 0.25) is 0 Å². The van der Waals surface area contributed by atoms with Gasteiger partial charge in [0.1, 0.15) is 0 Å². The van der Waals surface area contributed by atoms with Gasteiger partial charge in [0.05, 0.1) is 6.54 Å². The van der Waals surface area contributed by atoms with Gasteiger partial charge < -0.3 is 15.6 Å². The molecule has 1 aliphatic heterocycles. The number of halogens is 2. The topological polar surface area (TPSA) is 45.0 Å². The first-order valence-electron chi connectivity index (χ1n) is 8.73. The van der Waals surface area contributed by atoms with Crippen molar-refractivity contribution in [2.75, 3.05) is 29.5 Å². The number of anilines is 2. The lowest BCUT2D eigenvalue weighted by Crippen LogP contribution is -2.25. The van der Waals surface area contributed by atoms with Crippen LogP contribution in [0.4, 0.5) is 20.2 Å². The zero-order chi connectivity index (χ0) is 18.3. The smallest absolute Gasteiger partial charge is 0.266 e. The standard InChI is InChI=1S/C20H21F2N3S/c1-2-26-15-4-6-19(25-8-7-20(21,22)12-25)16(11-15)18-10-13-9-14(23)3-5-17(13)24-18/h3-6,9-11,24H,2,7-8,12,23H2,1H3. The van der Waals surface area contributed by atoms with Crippen molar-refractivity contribution in [3.8, 4) is 11.3 Å². The summed E-state index contributed by atoms with van der Waals surface area (Å²) in [6.45, 7) is 2.24. The van der Waals surface area contributed by atoms with Crippen LogP contribution < -0.4 is 10.6 Å². The van der Waals surface area contributed by atoms with Gasteiger partial charge in [0.25, 0.3) is 5.92 Å². The maximum absolute atomic E-state index is 13.8. The largest absolute Gasteiger partial charge is 0.399 e. The van der Waals surface area contributed by atoms with Crippen molar-refractivity contribution >= 4 is 34.0 Å². The fourth-order valence-corrected chi connectivity index (χ4v) is 4.20. The third-order valence-electron chi connectivity index (χ3n) is 4.72. The van der Waals surface area contributed by atoms with Gasteiger partial charge in [-0.25, -0.2) is 8.78 Å². The minimum Gasteiger partial charge on any atom is -0.399 e. The second-order valence-electron chi connectivity index (χ2n) is 6.67. The van der Waals surface area contributed by atoms with E-state index in [0.717, 1.165) is 38.5 Å². The SMILES string of the molecule is CCSc1ccc(N2CCC(F)(F)C2)c(-c2cc3cc(N)ccc3[nH]2)c1. The van der Waals surface area contributed by atoms with E-state index in [1.165, 1.54) is 0 Å². The lowest BCUT2D eigenvalue weighted by molar-refractivity contribution is 0.0257. The monoisotopic (exact) mass is 373 g/mol. The number of nitrogens with two attached hydrogens (primary N) is 1. The van der Waals surface area contributed by atoms with Gasteiger partial charge in [-0.05, 0) is 48.2 Å². The maximum Gasteiger partial charge on any atom is 0.266 e. The van der Waals surface area contributed by atoms with Gasteiger partial charge in [-0.1, -0.05) is 6.92 Å². The fourth-order valence-electron chi connectivity index (χ4n) is 3.50. The van der Waals surface area contributed by atoms with Gasteiger partial charge in [-0.3, -0.25) is 0 Å². The number of benzene rings is 2. The van der Waals surface area contributed by atoms with E-state index in [9.17, 15) is 8.78 Å². The molecule has 3 aromatic rings. The van der Waals surface area contributed by atoms with E-state index in [2.05, 4.69) is 18.0 Å². The molecule has 2 heterocycles.